The first-order chi connectivity index (χ1) is 8.06. The Kier molecular flexibility index (Phi) is 3.23. The van der Waals surface area contributed by atoms with E-state index in [9.17, 15) is 4.79 Å². The molecule has 0 saturated carbocycles. The van der Waals surface area contributed by atoms with E-state index in [4.69, 9.17) is 4.42 Å². The van der Waals surface area contributed by atoms with Gasteiger partial charge in [-0.15, -0.1) is 5.10 Å². The minimum Gasteiger partial charge on any atom is -0.408 e. The van der Waals surface area contributed by atoms with Gasteiger partial charge in [-0.2, -0.15) is 0 Å². The lowest BCUT2D eigenvalue weighted by molar-refractivity contribution is 0.102. The number of nitrogens with zero attached hydrogens (tertiary/aromatic N) is 2. The van der Waals surface area contributed by atoms with Crippen molar-refractivity contribution in [2.45, 2.75) is 13.8 Å². The third-order valence-electron chi connectivity index (χ3n) is 2.18. The zero-order valence-electron chi connectivity index (χ0n) is 9.32. The maximum atomic E-state index is 11.8. The monoisotopic (exact) mass is 295 g/mol. The zero-order valence-corrected chi connectivity index (χ0v) is 10.9. The van der Waals surface area contributed by atoms with Crippen molar-refractivity contribution in [3.63, 3.8) is 0 Å². The van der Waals surface area contributed by atoms with Crippen LogP contribution in [0.2, 0.25) is 0 Å². The van der Waals surface area contributed by atoms with Crippen molar-refractivity contribution in [2.24, 2.45) is 0 Å². The molecule has 0 aliphatic carbocycles. The van der Waals surface area contributed by atoms with E-state index in [-0.39, 0.29) is 11.9 Å². The Hall–Kier alpha value is -1.69. The number of benzene rings is 1. The third kappa shape index (κ3) is 2.71. The number of nitrogens with one attached hydrogen (secondary N) is 1. The standard InChI is InChI=1S/C11H10BrN3O2/c1-6-3-4-8(5-9(6)12)10(16)13-11-15-14-7(2)17-11/h3-5H,1-2H3,(H,13,15,16). The Morgan fingerprint density at radius 1 is 1.35 bits per heavy atom. The van der Waals surface area contributed by atoms with Gasteiger partial charge in [-0.25, -0.2) is 0 Å². The summed E-state index contributed by atoms with van der Waals surface area (Å²) in [5.41, 5.74) is 1.59. The maximum Gasteiger partial charge on any atom is 0.322 e. The lowest BCUT2D eigenvalue weighted by Gasteiger charge is -2.03. The van der Waals surface area contributed by atoms with Crippen molar-refractivity contribution in [1.29, 1.82) is 0 Å². The van der Waals surface area contributed by atoms with Gasteiger partial charge in [0.05, 0.1) is 0 Å². The Morgan fingerprint density at radius 3 is 2.71 bits per heavy atom. The molecule has 2 rings (SSSR count). The highest BCUT2D eigenvalue weighted by molar-refractivity contribution is 9.10. The van der Waals surface area contributed by atoms with E-state index in [1.165, 1.54) is 0 Å². The van der Waals surface area contributed by atoms with E-state index in [2.05, 4.69) is 31.4 Å². The van der Waals surface area contributed by atoms with Gasteiger partial charge >= 0.3 is 6.01 Å². The summed E-state index contributed by atoms with van der Waals surface area (Å²) in [5.74, 6) is 0.125. The molecule has 0 fully saturated rings. The third-order valence-corrected chi connectivity index (χ3v) is 3.03. The molecule has 0 aliphatic rings. The SMILES string of the molecule is Cc1nnc(NC(=O)c2ccc(C)c(Br)c2)o1. The maximum absolute atomic E-state index is 11.8. The van der Waals surface area contributed by atoms with E-state index in [0.29, 0.717) is 11.5 Å². The molecule has 1 aromatic carbocycles. The molecular weight excluding hydrogens is 286 g/mol. The minimum atomic E-state index is -0.283. The number of carbonyl (C=O) groups excluding carboxylic acids is 1. The number of aryl methyl sites for hydroxylation is 2. The highest BCUT2D eigenvalue weighted by Gasteiger charge is 2.10. The van der Waals surface area contributed by atoms with Crippen LogP contribution in [-0.2, 0) is 0 Å². The molecule has 0 aliphatic heterocycles. The smallest absolute Gasteiger partial charge is 0.322 e. The van der Waals surface area contributed by atoms with Gasteiger partial charge in [0.15, 0.2) is 0 Å². The van der Waals surface area contributed by atoms with E-state index in [1.807, 2.05) is 13.0 Å². The summed E-state index contributed by atoms with van der Waals surface area (Å²) in [6, 6.07) is 5.44. The van der Waals surface area contributed by atoms with Crippen LogP contribution < -0.4 is 5.32 Å². The largest absolute Gasteiger partial charge is 0.408 e. The average Bonchev–Trinajstić information content (AvgIpc) is 2.68. The number of aromatic nitrogens is 2. The quantitative estimate of drug-likeness (QED) is 0.925. The second-order valence-corrected chi connectivity index (χ2v) is 4.40. The summed E-state index contributed by atoms with van der Waals surface area (Å²) < 4.78 is 5.95. The Bertz CT molecular complexity index is 566. The van der Waals surface area contributed by atoms with Gasteiger partial charge in [0.2, 0.25) is 5.89 Å². The van der Waals surface area contributed by atoms with Crippen molar-refractivity contribution in [1.82, 2.24) is 10.2 Å². The molecule has 88 valence electrons. The molecule has 0 spiro atoms. The van der Waals surface area contributed by atoms with E-state index >= 15 is 0 Å². The number of anilines is 1. The summed E-state index contributed by atoms with van der Waals surface area (Å²) in [6.45, 7) is 3.61. The molecule has 0 unspecified atom stereocenters. The van der Waals surface area contributed by atoms with Crippen molar-refractivity contribution in [2.75, 3.05) is 5.32 Å². The molecule has 2 aromatic rings. The molecule has 0 atom stereocenters. The number of amides is 1. The molecule has 0 radical (unpaired) electrons. The van der Waals surface area contributed by atoms with Gasteiger partial charge in [0, 0.05) is 17.0 Å². The first-order valence-corrected chi connectivity index (χ1v) is 5.73. The second-order valence-electron chi connectivity index (χ2n) is 3.54. The number of halogens is 1. The first-order valence-electron chi connectivity index (χ1n) is 4.94. The van der Waals surface area contributed by atoms with Crippen LogP contribution in [0, 0.1) is 13.8 Å². The number of hydrogen-bond acceptors (Lipinski definition) is 4. The molecular formula is C11H10BrN3O2. The van der Waals surface area contributed by atoms with Crippen molar-refractivity contribution in [3.05, 3.63) is 39.7 Å². The molecule has 6 heteroatoms. The molecule has 1 N–H and O–H groups in total. The van der Waals surface area contributed by atoms with Gasteiger partial charge in [0.25, 0.3) is 5.91 Å². The van der Waals surface area contributed by atoms with Crippen LogP contribution in [0.1, 0.15) is 21.8 Å². The number of rotatable bonds is 2. The normalized spacial score (nSPS) is 10.3. The van der Waals surface area contributed by atoms with Gasteiger partial charge < -0.3 is 4.42 Å². The molecule has 1 amide bonds. The fraction of sp³-hybridized carbons (Fsp3) is 0.182. The minimum absolute atomic E-state index is 0.101. The number of carbonyl (C=O) groups is 1. The van der Waals surface area contributed by atoms with Crippen LogP contribution in [-0.4, -0.2) is 16.1 Å². The average molecular weight is 296 g/mol. The first kappa shape index (κ1) is 11.8. The lowest BCUT2D eigenvalue weighted by atomic mass is 10.1. The summed E-state index contributed by atoms with van der Waals surface area (Å²) in [6.07, 6.45) is 0. The summed E-state index contributed by atoms with van der Waals surface area (Å²) in [7, 11) is 0. The van der Waals surface area contributed by atoms with Crippen LogP contribution in [0.3, 0.4) is 0 Å². The topological polar surface area (TPSA) is 68.0 Å². The predicted molar refractivity (Wildman–Crippen MR) is 65.9 cm³/mol. The van der Waals surface area contributed by atoms with E-state index < -0.39 is 0 Å². The molecule has 1 aromatic heterocycles. The van der Waals surface area contributed by atoms with Gasteiger partial charge in [-0.1, -0.05) is 27.1 Å². The predicted octanol–water partition coefficient (Wildman–Crippen LogP) is 2.70. The van der Waals surface area contributed by atoms with Crippen LogP contribution in [0.5, 0.6) is 0 Å². The van der Waals surface area contributed by atoms with Crippen LogP contribution in [0.4, 0.5) is 6.01 Å². The molecule has 0 saturated heterocycles. The fourth-order valence-corrected chi connectivity index (χ4v) is 1.63. The van der Waals surface area contributed by atoms with Gasteiger partial charge in [-0.3, -0.25) is 10.1 Å². The summed E-state index contributed by atoms with van der Waals surface area (Å²) in [5, 5.41) is 9.84. The summed E-state index contributed by atoms with van der Waals surface area (Å²) >= 11 is 3.37. The number of hydrogen-bond donors (Lipinski definition) is 1. The Labute approximate surface area is 106 Å². The zero-order chi connectivity index (χ0) is 12.4. The van der Waals surface area contributed by atoms with Gasteiger partial charge in [-0.05, 0) is 24.6 Å². The lowest BCUT2D eigenvalue weighted by Crippen LogP contribution is -2.12. The highest BCUT2D eigenvalue weighted by atomic mass is 79.9. The molecule has 5 nitrogen and oxygen atoms in total. The van der Waals surface area contributed by atoms with E-state index in [1.54, 1.807) is 19.1 Å². The molecule has 17 heavy (non-hydrogen) atoms. The molecule has 0 bridgehead atoms. The van der Waals surface area contributed by atoms with Crippen molar-refractivity contribution in [3.8, 4) is 0 Å². The Balaban J connectivity index is 2.17. The summed E-state index contributed by atoms with van der Waals surface area (Å²) in [4.78, 5) is 11.8. The van der Waals surface area contributed by atoms with Crippen LogP contribution in [0.25, 0.3) is 0 Å². The second kappa shape index (κ2) is 4.67. The van der Waals surface area contributed by atoms with Crippen LogP contribution >= 0.6 is 15.9 Å². The van der Waals surface area contributed by atoms with E-state index in [0.717, 1.165) is 10.0 Å². The Morgan fingerprint density at radius 2 is 2.12 bits per heavy atom. The van der Waals surface area contributed by atoms with Gasteiger partial charge in [0.1, 0.15) is 0 Å². The van der Waals surface area contributed by atoms with Crippen LogP contribution in [0.15, 0.2) is 27.1 Å². The van der Waals surface area contributed by atoms with Crippen molar-refractivity contribution < 1.29 is 9.21 Å². The highest BCUT2D eigenvalue weighted by Crippen LogP contribution is 2.18. The van der Waals surface area contributed by atoms with Crippen molar-refractivity contribution >= 4 is 27.9 Å². The molecule has 1 heterocycles. The fourth-order valence-electron chi connectivity index (χ4n) is 1.25.